The highest BCUT2D eigenvalue weighted by atomic mass is 16.5. The van der Waals surface area contributed by atoms with E-state index in [-0.39, 0.29) is 11.9 Å². The third-order valence-electron chi connectivity index (χ3n) is 5.26. The predicted octanol–water partition coefficient (Wildman–Crippen LogP) is 4.34. The Morgan fingerprint density at radius 2 is 1.94 bits per heavy atom. The summed E-state index contributed by atoms with van der Waals surface area (Å²) in [6.45, 7) is 10.5. The first kappa shape index (κ1) is 22.8. The van der Waals surface area contributed by atoms with Crippen LogP contribution >= 0.6 is 0 Å². The van der Waals surface area contributed by atoms with Gasteiger partial charge in [0.2, 0.25) is 5.91 Å². The molecule has 166 valence electrons. The third-order valence-corrected chi connectivity index (χ3v) is 5.26. The number of piperidine rings is 1. The molecule has 1 amide bonds. The van der Waals surface area contributed by atoms with Crippen molar-refractivity contribution in [1.82, 2.24) is 14.9 Å². The Morgan fingerprint density at radius 1 is 1.22 bits per heavy atom. The van der Waals surface area contributed by atoms with Crippen LogP contribution in [0.15, 0.2) is 79.9 Å². The molecule has 1 fully saturated rings. The van der Waals surface area contributed by atoms with Crippen molar-refractivity contribution >= 4 is 17.5 Å². The number of aromatic nitrogens is 2. The largest absolute Gasteiger partial charge is 0.458 e. The van der Waals surface area contributed by atoms with Gasteiger partial charge >= 0.3 is 0 Å². The zero-order valence-electron chi connectivity index (χ0n) is 18.3. The van der Waals surface area contributed by atoms with Gasteiger partial charge in [-0.2, -0.15) is 0 Å². The summed E-state index contributed by atoms with van der Waals surface area (Å²) in [4.78, 5) is 22.2. The number of benzene rings is 1. The SMILES string of the molecule is C=C/C=C\C(=C/C)Oc1ccc(-c2c(N)ncnc2NC2CCN(C(=O)C=C)CC2)cc1. The van der Waals surface area contributed by atoms with Crippen molar-refractivity contribution in [3.05, 3.63) is 79.9 Å². The van der Waals surface area contributed by atoms with Crippen LogP contribution in [0.5, 0.6) is 5.75 Å². The molecule has 0 unspecified atom stereocenters. The van der Waals surface area contributed by atoms with Gasteiger partial charge in [-0.1, -0.05) is 37.4 Å². The average Bonchev–Trinajstić information content (AvgIpc) is 2.82. The van der Waals surface area contributed by atoms with Crippen LogP contribution in [0.1, 0.15) is 19.8 Å². The second-order valence-electron chi connectivity index (χ2n) is 7.34. The molecule has 3 rings (SSSR count). The monoisotopic (exact) mass is 431 g/mol. The van der Waals surface area contributed by atoms with Crippen molar-refractivity contribution in [3.8, 4) is 16.9 Å². The van der Waals surface area contributed by atoms with Crippen LogP contribution in [0.4, 0.5) is 11.6 Å². The Bertz CT molecular complexity index is 1020. The number of nitrogens with zero attached hydrogens (tertiary/aromatic N) is 3. The number of carbonyl (C=O) groups excluding carboxylic acids is 1. The molecule has 1 aromatic heterocycles. The van der Waals surface area contributed by atoms with E-state index in [1.54, 1.807) is 6.08 Å². The summed E-state index contributed by atoms with van der Waals surface area (Å²) in [5.74, 6) is 2.49. The van der Waals surface area contributed by atoms with Crippen LogP contribution in [-0.2, 0) is 4.79 Å². The third kappa shape index (κ3) is 5.63. The van der Waals surface area contributed by atoms with Crippen LogP contribution in [0, 0.1) is 0 Å². The quantitative estimate of drug-likeness (QED) is 0.367. The predicted molar refractivity (Wildman–Crippen MR) is 129 cm³/mol. The summed E-state index contributed by atoms with van der Waals surface area (Å²) in [7, 11) is 0. The molecule has 3 N–H and O–H groups in total. The number of allylic oxidation sites excluding steroid dienone is 4. The van der Waals surface area contributed by atoms with Crippen LogP contribution in [0.2, 0.25) is 0 Å². The van der Waals surface area contributed by atoms with E-state index in [9.17, 15) is 4.79 Å². The highest BCUT2D eigenvalue weighted by Gasteiger charge is 2.23. The van der Waals surface area contributed by atoms with Gasteiger partial charge in [-0.3, -0.25) is 4.79 Å². The molecule has 0 spiro atoms. The van der Waals surface area contributed by atoms with Crippen LogP contribution in [-0.4, -0.2) is 39.9 Å². The van der Waals surface area contributed by atoms with E-state index >= 15 is 0 Å². The highest BCUT2D eigenvalue weighted by molar-refractivity contribution is 5.87. The van der Waals surface area contributed by atoms with Gasteiger partial charge in [-0.15, -0.1) is 0 Å². The zero-order chi connectivity index (χ0) is 22.9. The van der Waals surface area contributed by atoms with Crippen LogP contribution in [0.25, 0.3) is 11.1 Å². The first-order valence-electron chi connectivity index (χ1n) is 10.6. The standard InChI is InChI=1S/C25H29N5O2/c1-4-7-8-20(5-2)32-21-11-9-18(10-12-21)23-24(26)27-17-28-25(23)29-19-13-15-30(16-14-19)22(31)6-3/h4-12,17,19H,1,3,13-16H2,2H3,(H3,26,27,28,29)/b8-7-,20-5+. The Balaban J connectivity index is 1.75. The number of rotatable bonds is 8. The first-order chi connectivity index (χ1) is 15.5. The number of ether oxygens (including phenoxy) is 1. The van der Waals surface area contributed by atoms with E-state index in [2.05, 4.69) is 28.4 Å². The molecule has 32 heavy (non-hydrogen) atoms. The lowest BCUT2D eigenvalue weighted by Crippen LogP contribution is -2.41. The number of anilines is 2. The van der Waals surface area contributed by atoms with Gasteiger partial charge in [-0.05, 0) is 55.7 Å². The Labute approximate surface area is 189 Å². The number of carbonyl (C=O) groups is 1. The van der Waals surface area contributed by atoms with Gasteiger partial charge in [0.15, 0.2) is 0 Å². The summed E-state index contributed by atoms with van der Waals surface area (Å²) in [6.07, 6.45) is 11.7. The topological polar surface area (TPSA) is 93.4 Å². The first-order valence-corrected chi connectivity index (χ1v) is 10.6. The highest BCUT2D eigenvalue weighted by Crippen LogP contribution is 2.33. The van der Waals surface area contributed by atoms with E-state index in [1.807, 2.05) is 54.3 Å². The van der Waals surface area contributed by atoms with Crippen molar-refractivity contribution in [1.29, 1.82) is 0 Å². The molecule has 7 heteroatoms. The lowest BCUT2D eigenvalue weighted by molar-refractivity contribution is -0.126. The average molecular weight is 432 g/mol. The number of nitrogens with one attached hydrogen (secondary N) is 1. The molecule has 1 aromatic carbocycles. The molecule has 0 radical (unpaired) electrons. The molecule has 0 bridgehead atoms. The molecular formula is C25H29N5O2. The summed E-state index contributed by atoms with van der Waals surface area (Å²) >= 11 is 0. The van der Waals surface area contributed by atoms with Gasteiger partial charge in [0.25, 0.3) is 0 Å². The maximum absolute atomic E-state index is 11.8. The van der Waals surface area contributed by atoms with Crippen LogP contribution in [0.3, 0.4) is 0 Å². The molecule has 0 atom stereocenters. The Hall–Kier alpha value is -3.87. The molecule has 2 aromatic rings. The second kappa shape index (κ2) is 10.9. The zero-order valence-corrected chi connectivity index (χ0v) is 18.3. The molecule has 1 aliphatic rings. The van der Waals surface area contributed by atoms with Gasteiger partial charge in [0, 0.05) is 19.1 Å². The summed E-state index contributed by atoms with van der Waals surface area (Å²) in [6, 6.07) is 7.83. The molecule has 0 saturated carbocycles. The summed E-state index contributed by atoms with van der Waals surface area (Å²) in [5.41, 5.74) is 7.86. The van der Waals surface area contributed by atoms with E-state index in [4.69, 9.17) is 10.5 Å². The smallest absolute Gasteiger partial charge is 0.245 e. The van der Waals surface area contributed by atoms with Crippen molar-refractivity contribution in [2.75, 3.05) is 24.1 Å². The number of hydrogen-bond acceptors (Lipinski definition) is 6. The summed E-state index contributed by atoms with van der Waals surface area (Å²) < 4.78 is 5.89. The van der Waals surface area contributed by atoms with Gasteiger partial charge in [0.05, 0.1) is 5.56 Å². The maximum atomic E-state index is 11.8. The van der Waals surface area contributed by atoms with Crippen molar-refractivity contribution in [3.63, 3.8) is 0 Å². The van der Waals surface area contributed by atoms with Crippen LogP contribution < -0.4 is 15.8 Å². The lowest BCUT2D eigenvalue weighted by atomic mass is 10.0. The van der Waals surface area contributed by atoms with Crippen molar-refractivity contribution in [2.45, 2.75) is 25.8 Å². The van der Waals surface area contributed by atoms with Crippen molar-refractivity contribution in [2.24, 2.45) is 0 Å². The van der Waals surface area contributed by atoms with Gasteiger partial charge in [-0.25, -0.2) is 9.97 Å². The molecule has 1 aliphatic heterocycles. The minimum absolute atomic E-state index is 0.0289. The van der Waals surface area contributed by atoms with E-state index in [0.29, 0.717) is 30.5 Å². The van der Waals surface area contributed by atoms with E-state index < -0.39 is 0 Å². The minimum Gasteiger partial charge on any atom is -0.458 e. The number of hydrogen-bond donors (Lipinski definition) is 2. The molecule has 2 heterocycles. The fraction of sp³-hybridized carbons (Fsp3) is 0.240. The second-order valence-corrected chi connectivity index (χ2v) is 7.34. The molecule has 0 aliphatic carbocycles. The van der Waals surface area contributed by atoms with Gasteiger partial charge < -0.3 is 20.7 Å². The molecular weight excluding hydrogens is 402 g/mol. The number of likely N-dealkylation sites (tertiary alicyclic amines) is 1. The number of nitrogens with two attached hydrogens (primary N) is 1. The minimum atomic E-state index is -0.0289. The fourth-order valence-corrected chi connectivity index (χ4v) is 3.54. The summed E-state index contributed by atoms with van der Waals surface area (Å²) in [5, 5.41) is 3.49. The number of nitrogen functional groups attached to an aromatic ring is 1. The lowest BCUT2D eigenvalue weighted by Gasteiger charge is -2.32. The van der Waals surface area contributed by atoms with Gasteiger partial charge in [0.1, 0.15) is 29.5 Å². The van der Waals surface area contributed by atoms with E-state index in [1.165, 1.54) is 12.4 Å². The van der Waals surface area contributed by atoms with E-state index in [0.717, 1.165) is 29.7 Å². The number of amides is 1. The normalized spacial score (nSPS) is 14.9. The fourth-order valence-electron chi connectivity index (χ4n) is 3.54. The molecule has 1 saturated heterocycles. The Kier molecular flexibility index (Phi) is 7.80. The molecule has 7 nitrogen and oxygen atoms in total. The van der Waals surface area contributed by atoms with Crippen molar-refractivity contribution < 1.29 is 9.53 Å². The Morgan fingerprint density at radius 3 is 2.56 bits per heavy atom. The maximum Gasteiger partial charge on any atom is 0.245 e.